The highest BCUT2D eigenvalue weighted by atomic mass is 16.7. The van der Waals surface area contributed by atoms with Gasteiger partial charge in [-0.25, -0.2) is 9.59 Å². The number of methoxy groups -OCH3 is 1. The van der Waals surface area contributed by atoms with E-state index in [0.717, 1.165) is 96.9 Å². The highest BCUT2D eigenvalue weighted by Crippen LogP contribution is 2.37. The molecule has 4 saturated heterocycles. The molecule has 0 spiro atoms. The molecule has 9 aliphatic rings. The number of amides is 9. The number of hydrogen-bond donors (Lipinski definition) is 1. The van der Waals surface area contributed by atoms with Gasteiger partial charge in [-0.2, -0.15) is 0 Å². The second-order valence-electron chi connectivity index (χ2n) is 36.8. The third-order valence-electron chi connectivity index (χ3n) is 24.5. The summed E-state index contributed by atoms with van der Waals surface area (Å²) in [5, 5.41) is 2.81. The van der Waals surface area contributed by atoms with Crippen LogP contribution < -0.4 is 5.32 Å². The lowest BCUT2D eigenvalue weighted by molar-refractivity contribution is -0.137. The fraction of sp³-hybridized carbons (Fsp3) is 0.543. The zero-order valence-corrected chi connectivity index (χ0v) is 74.2. The minimum absolute atomic E-state index is 0. The minimum Gasteiger partial charge on any atom is -0.453 e. The molecule has 5 aromatic rings. The van der Waals surface area contributed by atoms with E-state index in [-0.39, 0.29) is 95.6 Å². The van der Waals surface area contributed by atoms with Gasteiger partial charge in [-0.15, -0.1) is 0 Å². The fourth-order valence-electron chi connectivity index (χ4n) is 16.4. The van der Waals surface area contributed by atoms with E-state index in [1.807, 2.05) is 129 Å². The van der Waals surface area contributed by atoms with Crippen LogP contribution in [0.4, 0.5) is 9.59 Å². The van der Waals surface area contributed by atoms with Gasteiger partial charge in [-0.1, -0.05) is 86.3 Å². The molecule has 4 fully saturated rings. The van der Waals surface area contributed by atoms with E-state index in [2.05, 4.69) is 139 Å². The predicted molar refractivity (Wildman–Crippen MR) is 467 cm³/mol. The molecule has 9 amide bonds. The van der Waals surface area contributed by atoms with Crippen molar-refractivity contribution in [2.75, 3.05) is 133 Å². The number of nitrogens with one attached hydrogen (secondary N) is 1. The van der Waals surface area contributed by atoms with Crippen LogP contribution >= 0.6 is 0 Å². The number of rotatable bonds is 12. The normalized spacial score (nSPS) is 18.2. The largest absolute Gasteiger partial charge is 0.453 e. The van der Waals surface area contributed by atoms with Crippen molar-refractivity contribution in [3.63, 3.8) is 0 Å². The Balaban J connectivity index is 0.000000170. The Bertz CT molecular complexity index is 4620. The van der Waals surface area contributed by atoms with Crippen molar-refractivity contribution in [2.24, 2.45) is 0 Å². The first-order valence-electron chi connectivity index (χ1n) is 42.3. The number of hydrogen-bond acceptors (Lipinski definition) is 18. The Kier molecular flexibility index (Phi) is 30.3. The second-order valence-corrected chi connectivity index (χ2v) is 36.8. The van der Waals surface area contributed by atoms with Crippen LogP contribution in [-0.4, -0.2) is 284 Å². The molecule has 9 heterocycles. The summed E-state index contributed by atoms with van der Waals surface area (Å²) in [6.45, 7) is 49.9. The monoisotopic (exact) mass is 1670 g/mol. The smallest absolute Gasteiger partial charge is 0.410 e. The molecular formula is C94H132N14O13. The quantitative estimate of drug-likeness (QED) is 0.122. The summed E-state index contributed by atoms with van der Waals surface area (Å²) in [7, 11) is 5.21. The number of piperazine rings is 4. The molecule has 1 N–H and O–H groups in total. The first kappa shape index (κ1) is 93.1. The lowest BCUT2D eigenvalue weighted by Crippen LogP contribution is -2.56. The molecule has 656 valence electrons. The van der Waals surface area contributed by atoms with Crippen LogP contribution in [0.5, 0.6) is 0 Å². The third kappa shape index (κ3) is 22.8. The number of nitrogens with zero attached hydrogens (tertiary/aromatic N) is 13. The fourth-order valence-corrected chi connectivity index (χ4v) is 16.4. The summed E-state index contributed by atoms with van der Waals surface area (Å²) in [5.74, 6) is 1.20. The van der Waals surface area contributed by atoms with E-state index in [0.29, 0.717) is 123 Å². The Morgan fingerprint density at radius 1 is 0.421 bits per heavy atom. The van der Waals surface area contributed by atoms with Crippen molar-refractivity contribution in [3.8, 4) is 0 Å². The van der Waals surface area contributed by atoms with Crippen molar-refractivity contribution in [2.45, 2.75) is 204 Å². The number of allylic oxidation sites excluding steroid dienone is 1. The van der Waals surface area contributed by atoms with Gasteiger partial charge in [0.25, 0.3) is 29.6 Å². The molecule has 2 atom stereocenters. The summed E-state index contributed by atoms with van der Waals surface area (Å²) in [4.78, 5) is 140. The van der Waals surface area contributed by atoms with Gasteiger partial charge in [0.1, 0.15) is 11.8 Å². The zero-order chi connectivity index (χ0) is 87.0. The number of carbonyl (C=O) groups is 9. The van der Waals surface area contributed by atoms with E-state index >= 15 is 0 Å². The molecule has 27 nitrogen and oxygen atoms in total. The molecule has 0 aromatic heterocycles. The number of fused-ring (bicyclic) bond motifs is 4. The van der Waals surface area contributed by atoms with Crippen molar-refractivity contribution in [1.82, 2.24) is 69.0 Å². The number of benzene rings is 5. The van der Waals surface area contributed by atoms with Gasteiger partial charge in [0, 0.05) is 215 Å². The average Bonchev–Trinajstić information content (AvgIpc) is 1.67. The van der Waals surface area contributed by atoms with Crippen LogP contribution in [0.25, 0.3) is 0 Å². The Morgan fingerprint density at radius 3 is 1.02 bits per heavy atom. The van der Waals surface area contributed by atoms with Crippen molar-refractivity contribution >= 4 is 53.5 Å². The van der Waals surface area contributed by atoms with Gasteiger partial charge in [-0.05, 0) is 192 Å². The molecular weight excluding hydrogens is 1530 g/mol. The van der Waals surface area contributed by atoms with E-state index in [1.165, 1.54) is 41.9 Å². The van der Waals surface area contributed by atoms with E-state index in [9.17, 15) is 43.2 Å². The van der Waals surface area contributed by atoms with Gasteiger partial charge in [0.15, 0.2) is 12.4 Å². The van der Waals surface area contributed by atoms with E-state index in [1.54, 1.807) is 21.6 Å². The highest BCUT2D eigenvalue weighted by Gasteiger charge is 2.40. The maximum Gasteiger partial charge on any atom is 0.410 e. The van der Waals surface area contributed by atoms with Gasteiger partial charge in [0.05, 0.1) is 13.2 Å². The summed E-state index contributed by atoms with van der Waals surface area (Å²) < 4.78 is 20.6. The Morgan fingerprint density at radius 2 is 0.727 bits per heavy atom. The summed E-state index contributed by atoms with van der Waals surface area (Å²) in [6, 6.07) is 33.1. The Hall–Kier alpha value is -10.2. The molecule has 121 heavy (non-hydrogen) atoms. The lowest BCUT2D eigenvalue weighted by atomic mass is 10.0. The summed E-state index contributed by atoms with van der Waals surface area (Å²) in [5.41, 5.74) is 13.9. The second kappa shape index (κ2) is 39.3. The predicted octanol–water partition coefficient (Wildman–Crippen LogP) is 11.3. The number of carbonyl (C=O) groups excluding carboxylic acids is 9. The van der Waals surface area contributed by atoms with Crippen LogP contribution in [0.3, 0.4) is 0 Å². The molecule has 0 saturated carbocycles. The minimum atomic E-state index is -0.613. The van der Waals surface area contributed by atoms with Gasteiger partial charge in [0.2, 0.25) is 17.7 Å². The van der Waals surface area contributed by atoms with Crippen LogP contribution in [0.1, 0.15) is 203 Å². The first-order valence-corrected chi connectivity index (χ1v) is 42.3. The first-order chi connectivity index (χ1) is 56.7. The van der Waals surface area contributed by atoms with Crippen molar-refractivity contribution in [1.29, 1.82) is 0 Å². The van der Waals surface area contributed by atoms with Crippen molar-refractivity contribution in [3.05, 3.63) is 199 Å². The summed E-state index contributed by atoms with van der Waals surface area (Å²) in [6.07, 6.45) is -0.313. The summed E-state index contributed by atoms with van der Waals surface area (Å²) >= 11 is 0. The van der Waals surface area contributed by atoms with E-state index in [4.69, 9.17) is 18.9 Å². The van der Waals surface area contributed by atoms with Gasteiger partial charge < -0.3 is 63.5 Å². The molecule has 27 heteroatoms. The molecule has 14 rings (SSSR count). The van der Waals surface area contributed by atoms with Gasteiger partial charge >= 0.3 is 12.2 Å². The average molecular weight is 1670 g/mol. The van der Waals surface area contributed by atoms with E-state index < -0.39 is 12.1 Å². The maximum atomic E-state index is 13.5. The molecule has 5 aromatic carbocycles. The van der Waals surface area contributed by atoms with Crippen molar-refractivity contribution < 1.29 is 62.1 Å². The lowest BCUT2D eigenvalue weighted by Gasteiger charge is -2.37. The molecule has 2 unspecified atom stereocenters. The van der Waals surface area contributed by atoms with Crippen LogP contribution in [-0.2, 0) is 92.1 Å². The van der Waals surface area contributed by atoms with Crippen LogP contribution in [0, 0.1) is 0 Å². The SMILES string of the molecule is C.C=C1OC(C)=C(COC(=O)N2CCN(C(=O)c3cccc4c3CN(C(C)(C)C)C4)CC2)O1.CC(=O)NC(Cc1ccccc1)C(=O)N1CCN(C(=O)c2cccc3c2CN(C(C)(C)C)C3)CC1.CC(C(=O)N1CCN(C(=O)c2cccc3c2CN(C(C)(C)C)C3)CC1)N(C)C.COC(=O)N1CCN(C(=O)c2cccc3c2CN(C(C)(C)C)C3)CC1. The molecule has 9 aliphatic heterocycles. The topological polar surface area (TPSA) is 245 Å². The third-order valence-corrected chi connectivity index (χ3v) is 24.5. The molecule has 0 aliphatic carbocycles. The maximum absolute atomic E-state index is 13.5. The number of ether oxygens (including phenoxy) is 4. The van der Waals surface area contributed by atoms with Crippen LogP contribution in [0.15, 0.2) is 127 Å². The highest BCUT2D eigenvalue weighted by molar-refractivity contribution is 5.99. The standard InChI is InChI=1S/C28H36N4O3.C24H31N3O5.C22H34N4O2.C19H27N3O3.CH4/c1-20(33)29-25(17-21-9-6-5-7-10-21)27(35)31-15-13-30(14-16-31)26(34)23-12-8-11-22-18-32(19-24(22)23)28(2,3)4;1-16-21(32-17(2)31-16)15-30-23(29)26-11-9-25(10-12-26)22(28)19-8-6-7-18-13-27(14-20(18)19)24(3,4)5;1-16(23(5)6)20(27)24-10-12-25(13-11-24)21(28)18-9-7-8-17-14-26(15-19(17)18)22(2,3)4;1-19(2,3)22-12-14-6-5-7-15(16(14)13-22)17(23)20-8-10-21(11-9-20)18(24)25-4;/h5-12,25H,13-19H2,1-4H3,(H,29,33);6-8H,2,9-15H2,1,3-5H3;7-9,16H,10-15H2,1-6H3;5-7H,8-13H2,1-4H3;1H4. The molecule has 0 radical (unpaired) electrons. The van der Waals surface area contributed by atoms with Gasteiger partial charge in [-0.3, -0.25) is 58.1 Å². The zero-order valence-electron chi connectivity index (χ0n) is 74.2. The number of likely N-dealkylation sites (N-methyl/N-ethyl adjacent to an activating group) is 1. The Labute approximate surface area is 717 Å². The molecule has 0 bridgehead atoms. The van der Waals surface area contributed by atoms with Crippen LogP contribution in [0.2, 0.25) is 0 Å².